The Morgan fingerprint density at radius 3 is 2.82 bits per heavy atom. The molecule has 2 N–H and O–H groups in total. The van der Waals surface area contributed by atoms with Gasteiger partial charge in [-0.1, -0.05) is 11.2 Å². The number of hydrogen-bond acceptors (Lipinski definition) is 5. The Morgan fingerprint density at radius 1 is 1.04 bits per heavy atom. The molecule has 0 saturated heterocycles. The number of benzene rings is 2. The van der Waals surface area contributed by atoms with Crippen LogP contribution in [0, 0.1) is 12.7 Å². The van der Waals surface area contributed by atoms with Gasteiger partial charge in [-0.2, -0.15) is 0 Å². The third-order valence-electron chi connectivity index (χ3n) is 5.09. The molecule has 28 heavy (non-hydrogen) atoms. The molecule has 0 radical (unpaired) electrons. The lowest BCUT2D eigenvalue weighted by atomic mass is 10.1. The number of aromatic nitrogens is 2. The van der Waals surface area contributed by atoms with Crippen LogP contribution in [0.5, 0.6) is 0 Å². The Balaban J connectivity index is 1.36. The predicted molar refractivity (Wildman–Crippen MR) is 107 cm³/mol. The van der Waals surface area contributed by atoms with Crippen molar-refractivity contribution in [2.45, 2.75) is 25.8 Å². The summed E-state index contributed by atoms with van der Waals surface area (Å²) >= 11 is 0. The Morgan fingerprint density at radius 2 is 1.96 bits per heavy atom. The molecule has 0 saturated carbocycles. The number of halogens is 1. The number of rotatable bonds is 4. The summed E-state index contributed by atoms with van der Waals surface area (Å²) in [6, 6.07) is 17.1. The molecule has 1 atom stereocenters. The fourth-order valence-electron chi connectivity index (χ4n) is 3.77. The average Bonchev–Trinajstić information content (AvgIpc) is 3.27. The van der Waals surface area contributed by atoms with E-state index in [1.165, 1.54) is 6.07 Å². The van der Waals surface area contributed by atoms with Crippen LogP contribution >= 0.6 is 0 Å². The van der Waals surface area contributed by atoms with Crippen molar-refractivity contribution in [3.05, 3.63) is 77.3 Å². The molecule has 2 aromatic carbocycles. The van der Waals surface area contributed by atoms with Crippen molar-refractivity contribution in [1.29, 1.82) is 0 Å². The summed E-state index contributed by atoms with van der Waals surface area (Å²) in [6.07, 6.45) is 1.83. The summed E-state index contributed by atoms with van der Waals surface area (Å²) in [6.45, 7) is 1.86. The molecule has 0 spiro atoms. The van der Waals surface area contributed by atoms with Crippen LogP contribution in [-0.4, -0.2) is 10.1 Å². The lowest BCUT2D eigenvalue weighted by Crippen LogP contribution is -2.08. The van der Waals surface area contributed by atoms with Gasteiger partial charge in [-0.25, -0.2) is 9.37 Å². The van der Waals surface area contributed by atoms with Crippen molar-refractivity contribution in [2.24, 2.45) is 0 Å². The largest absolute Gasteiger partial charge is 0.363 e. The molecule has 1 aliphatic rings. The van der Waals surface area contributed by atoms with Gasteiger partial charge in [0.05, 0.1) is 11.6 Å². The van der Waals surface area contributed by atoms with E-state index >= 15 is 0 Å². The van der Waals surface area contributed by atoms with E-state index in [-0.39, 0.29) is 11.9 Å². The van der Waals surface area contributed by atoms with E-state index in [4.69, 9.17) is 9.51 Å². The van der Waals surface area contributed by atoms with E-state index in [0.717, 1.165) is 52.1 Å². The first-order chi connectivity index (χ1) is 13.6. The standard InChI is InChI=1S/C22H19FN4O/c1-13-10-22(27-28-13)24-17-5-8-19-15(12-17)3-9-21(25-19)26-20-7-2-14-11-16(23)4-6-18(14)20/h3-6,8-12,20H,2,7H2,1H3,(H,24,27)(H,25,26). The first-order valence-electron chi connectivity index (χ1n) is 9.30. The van der Waals surface area contributed by atoms with Crippen LogP contribution in [0.15, 0.2) is 59.1 Å². The summed E-state index contributed by atoms with van der Waals surface area (Å²) in [5, 5.41) is 11.7. The summed E-state index contributed by atoms with van der Waals surface area (Å²) in [5.74, 6) is 2.09. The summed E-state index contributed by atoms with van der Waals surface area (Å²) < 4.78 is 18.5. The van der Waals surface area contributed by atoms with E-state index in [1.807, 2.05) is 49.4 Å². The summed E-state index contributed by atoms with van der Waals surface area (Å²) in [4.78, 5) is 4.73. The van der Waals surface area contributed by atoms with Crippen molar-refractivity contribution in [2.75, 3.05) is 10.6 Å². The zero-order valence-corrected chi connectivity index (χ0v) is 15.4. The summed E-state index contributed by atoms with van der Waals surface area (Å²) in [7, 11) is 0. The number of hydrogen-bond donors (Lipinski definition) is 2. The number of nitrogens with zero attached hydrogens (tertiary/aromatic N) is 2. The zero-order valence-electron chi connectivity index (χ0n) is 15.4. The lowest BCUT2D eigenvalue weighted by molar-refractivity contribution is 0.400. The Hall–Kier alpha value is -3.41. The molecule has 4 aromatic rings. The molecule has 5 nitrogen and oxygen atoms in total. The molecule has 0 aliphatic heterocycles. The van der Waals surface area contributed by atoms with Gasteiger partial charge in [0.1, 0.15) is 17.4 Å². The Labute approximate surface area is 161 Å². The van der Waals surface area contributed by atoms with Gasteiger partial charge in [0.2, 0.25) is 0 Å². The second-order valence-electron chi connectivity index (χ2n) is 7.13. The molecular formula is C22H19FN4O. The molecular weight excluding hydrogens is 355 g/mol. The molecule has 1 aliphatic carbocycles. The topological polar surface area (TPSA) is 63.0 Å². The maximum atomic E-state index is 13.4. The maximum absolute atomic E-state index is 13.4. The van der Waals surface area contributed by atoms with Crippen LogP contribution < -0.4 is 10.6 Å². The monoisotopic (exact) mass is 374 g/mol. The molecule has 2 aromatic heterocycles. The predicted octanol–water partition coefficient (Wildman–Crippen LogP) is 5.51. The van der Waals surface area contributed by atoms with E-state index in [9.17, 15) is 4.39 Å². The smallest absolute Gasteiger partial charge is 0.174 e. The molecule has 0 bridgehead atoms. The fourth-order valence-corrected chi connectivity index (χ4v) is 3.77. The van der Waals surface area contributed by atoms with Crippen LogP contribution in [0.3, 0.4) is 0 Å². The molecule has 2 heterocycles. The van der Waals surface area contributed by atoms with E-state index < -0.39 is 0 Å². The third-order valence-corrected chi connectivity index (χ3v) is 5.09. The molecule has 5 rings (SSSR count). The van der Waals surface area contributed by atoms with Crippen LogP contribution in [0.4, 0.5) is 21.7 Å². The fraction of sp³-hybridized carbons (Fsp3) is 0.182. The van der Waals surface area contributed by atoms with Gasteiger partial charge >= 0.3 is 0 Å². The SMILES string of the molecule is Cc1cc(Nc2ccc3nc(NC4CCc5cc(F)ccc54)ccc3c2)no1. The molecule has 0 amide bonds. The highest BCUT2D eigenvalue weighted by molar-refractivity contribution is 5.84. The van der Waals surface area contributed by atoms with Crippen molar-refractivity contribution < 1.29 is 8.91 Å². The van der Waals surface area contributed by atoms with E-state index in [0.29, 0.717) is 5.82 Å². The maximum Gasteiger partial charge on any atom is 0.174 e. The van der Waals surface area contributed by atoms with Gasteiger partial charge in [0, 0.05) is 17.1 Å². The van der Waals surface area contributed by atoms with Gasteiger partial charge in [0.25, 0.3) is 0 Å². The lowest BCUT2D eigenvalue weighted by Gasteiger charge is -2.15. The summed E-state index contributed by atoms with van der Waals surface area (Å²) in [5.41, 5.74) is 4.07. The normalized spacial score (nSPS) is 15.6. The van der Waals surface area contributed by atoms with Gasteiger partial charge in [-0.05, 0) is 73.4 Å². The van der Waals surface area contributed by atoms with Crippen LogP contribution in [0.1, 0.15) is 29.3 Å². The highest BCUT2D eigenvalue weighted by Crippen LogP contribution is 2.34. The number of nitrogens with one attached hydrogen (secondary N) is 2. The van der Waals surface area contributed by atoms with Crippen LogP contribution in [0.2, 0.25) is 0 Å². The Kier molecular flexibility index (Phi) is 3.97. The van der Waals surface area contributed by atoms with Gasteiger partial charge in [0.15, 0.2) is 5.82 Å². The second kappa shape index (κ2) is 6.64. The van der Waals surface area contributed by atoms with Crippen molar-refractivity contribution in [1.82, 2.24) is 10.1 Å². The number of pyridine rings is 1. The van der Waals surface area contributed by atoms with E-state index in [1.54, 1.807) is 6.07 Å². The van der Waals surface area contributed by atoms with E-state index in [2.05, 4.69) is 15.8 Å². The van der Waals surface area contributed by atoms with Crippen molar-refractivity contribution in [3.63, 3.8) is 0 Å². The third kappa shape index (κ3) is 3.17. The van der Waals surface area contributed by atoms with Crippen LogP contribution in [0.25, 0.3) is 10.9 Å². The number of anilines is 3. The quantitative estimate of drug-likeness (QED) is 0.493. The highest BCUT2D eigenvalue weighted by atomic mass is 19.1. The molecule has 140 valence electrons. The zero-order chi connectivity index (χ0) is 19.1. The number of aryl methyl sites for hydroxylation is 2. The van der Waals surface area contributed by atoms with Gasteiger partial charge in [-0.3, -0.25) is 0 Å². The van der Waals surface area contributed by atoms with Gasteiger partial charge < -0.3 is 15.2 Å². The van der Waals surface area contributed by atoms with Crippen molar-refractivity contribution in [3.8, 4) is 0 Å². The number of fused-ring (bicyclic) bond motifs is 2. The minimum atomic E-state index is -0.173. The molecule has 1 unspecified atom stereocenters. The van der Waals surface area contributed by atoms with Gasteiger partial charge in [-0.15, -0.1) is 0 Å². The van der Waals surface area contributed by atoms with Crippen LogP contribution in [-0.2, 0) is 6.42 Å². The minimum absolute atomic E-state index is 0.164. The first-order valence-corrected chi connectivity index (χ1v) is 9.30. The van der Waals surface area contributed by atoms with Crippen molar-refractivity contribution >= 4 is 28.2 Å². The molecule has 6 heteroatoms. The highest BCUT2D eigenvalue weighted by Gasteiger charge is 2.23. The Bertz CT molecular complexity index is 1170. The average molecular weight is 374 g/mol. The second-order valence-corrected chi connectivity index (χ2v) is 7.13. The minimum Gasteiger partial charge on any atom is -0.363 e. The first kappa shape index (κ1) is 16.7. The molecule has 0 fully saturated rings.